The Morgan fingerprint density at radius 1 is 1.11 bits per heavy atom. The summed E-state index contributed by atoms with van der Waals surface area (Å²) in [4.78, 5) is 29.4. The van der Waals surface area contributed by atoms with Gasteiger partial charge in [0, 0.05) is 22.8 Å². The lowest BCUT2D eigenvalue weighted by molar-refractivity contribution is -0.119. The van der Waals surface area contributed by atoms with Crippen LogP contribution in [0.15, 0.2) is 59.4 Å². The molecule has 0 fully saturated rings. The molecule has 0 spiro atoms. The van der Waals surface area contributed by atoms with Crippen molar-refractivity contribution < 1.29 is 4.79 Å². The van der Waals surface area contributed by atoms with Gasteiger partial charge in [-0.05, 0) is 44.5 Å². The van der Waals surface area contributed by atoms with Crippen molar-refractivity contribution in [3.05, 3.63) is 76.2 Å². The van der Waals surface area contributed by atoms with E-state index in [1.54, 1.807) is 0 Å². The van der Waals surface area contributed by atoms with E-state index in [2.05, 4.69) is 10.3 Å². The largest absolute Gasteiger partial charge is 0.324 e. The summed E-state index contributed by atoms with van der Waals surface area (Å²) in [5.41, 5.74) is 3.80. The van der Waals surface area contributed by atoms with E-state index in [1.165, 1.54) is 6.07 Å². The van der Waals surface area contributed by atoms with Crippen molar-refractivity contribution in [1.29, 1.82) is 0 Å². The number of rotatable bonds is 4. The molecule has 4 aromatic rings. The van der Waals surface area contributed by atoms with E-state index in [1.807, 2.05) is 78.5 Å². The number of nitrogens with one attached hydrogen (secondary N) is 1. The zero-order valence-electron chi connectivity index (χ0n) is 16.1. The second-order valence-corrected chi connectivity index (χ2v) is 7.01. The first-order chi connectivity index (χ1) is 13.5. The molecule has 0 saturated carbocycles. The normalized spacial score (nSPS) is 12.4. The lowest BCUT2D eigenvalue weighted by atomic mass is 10.1. The van der Waals surface area contributed by atoms with Gasteiger partial charge < -0.3 is 5.32 Å². The second-order valence-electron chi connectivity index (χ2n) is 7.01. The van der Waals surface area contributed by atoms with Crippen LogP contribution in [-0.2, 0) is 4.79 Å². The van der Waals surface area contributed by atoms with Crippen LogP contribution in [0.2, 0.25) is 0 Å². The first kappa shape index (κ1) is 18.0. The molecule has 0 aliphatic heterocycles. The summed E-state index contributed by atoms with van der Waals surface area (Å²) >= 11 is 0. The Bertz CT molecular complexity index is 1240. The van der Waals surface area contributed by atoms with Crippen molar-refractivity contribution in [2.45, 2.75) is 33.2 Å². The van der Waals surface area contributed by atoms with E-state index >= 15 is 0 Å². The fraction of sp³-hybridized carbons (Fsp3) is 0.227. The third-order valence-electron chi connectivity index (χ3n) is 4.99. The zero-order valence-corrected chi connectivity index (χ0v) is 16.1. The number of anilines is 1. The molecule has 0 bridgehead atoms. The maximum atomic E-state index is 13.2. The fourth-order valence-corrected chi connectivity index (χ4v) is 3.65. The molecule has 0 aliphatic rings. The number of fused-ring (bicyclic) bond motifs is 3. The summed E-state index contributed by atoms with van der Waals surface area (Å²) in [5, 5.41) is 3.87. The van der Waals surface area contributed by atoms with Crippen molar-refractivity contribution in [1.82, 2.24) is 14.2 Å². The number of aromatic nitrogens is 3. The first-order valence-corrected chi connectivity index (χ1v) is 9.36. The highest BCUT2D eigenvalue weighted by Crippen LogP contribution is 2.27. The Kier molecular flexibility index (Phi) is 4.47. The van der Waals surface area contributed by atoms with Crippen molar-refractivity contribution >= 4 is 28.1 Å². The molecule has 4 rings (SSSR count). The topological polar surface area (TPSA) is 68.4 Å². The highest BCUT2D eigenvalue weighted by molar-refractivity contribution is 5.97. The number of carbonyl (C=O) groups excluding carboxylic acids is 1. The van der Waals surface area contributed by atoms with Crippen LogP contribution in [0.4, 0.5) is 5.69 Å². The Balaban J connectivity index is 1.88. The van der Waals surface area contributed by atoms with Gasteiger partial charge in [0.25, 0.3) is 5.56 Å². The van der Waals surface area contributed by atoms with Gasteiger partial charge in [0.05, 0.1) is 5.52 Å². The van der Waals surface area contributed by atoms with Crippen LogP contribution < -0.4 is 10.9 Å². The van der Waals surface area contributed by atoms with E-state index in [9.17, 15) is 9.59 Å². The summed E-state index contributed by atoms with van der Waals surface area (Å²) in [6.07, 6.45) is 0.594. The van der Waals surface area contributed by atoms with E-state index < -0.39 is 6.04 Å². The predicted molar refractivity (Wildman–Crippen MR) is 111 cm³/mol. The quantitative estimate of drug-likeness (QED) is 0.590. The van der Waals surface area contributed by atoms with Gasteiger partial charge in [0.2, 0.25) is 5.91 Å². The Labute approximate surface area is 162 Å². The van der Waals surface area contributed by atoms with Gasteiger partial charge in [-0.15, -0.1) is 0 Å². The average molecular weight is 374 g/mol. The standard InChI is InChI=1S/C22H22N4O2/c1-4-18(22(28)23-16-11-9-14(2)10-12-16)26-19-8-6-5-7-17(19)21-24-20(27)13-15(3)25(21)26/h5-13,18H,4H2,1-3H3,(H,23,28)/t18-/m1/s1. The maximum Gasteiger partial charge on any atom is 0.273 e. The van der Waals surface area contributed by atoms with Gasteiger partial charge in [-0.2, -0.15) is 4.98 Å². The molecular formula is C22H22N4O2. The number of hydrogen-bond acceptors (Lipinski definition) is 3. The molecule has 2 heterocycles. The van der Waals surface area contributed by atoms with Crippen LogP contribution in [0.3, 0.4) is 0 Å². The molecule has 1 atom stereocenters. The third-order valence-corrected chi connectivity index (χ3v) is 4.99. The zero-order chi connectivity index (χ0) is 19.8. The molecule has 28 heavy (non-hydrogen) atoms. The third kappa shape index (κ3) is 2.97. The van der Waals surface area contributed by atoms with E-state index in [-0.39, 0.29) is 11.5 Å². The predicted octanol–water partition coefficient (Wildman–Crippen LogP) is 3.86. The SMILES string of the molecule is CC[C@H](C(=O)Nc1ccc(C)cc1)n1c2ccccc2c2nc(=O)cc(C)n21. The minimum atomic E-state index is -0.452. The summed E-state index contributed by atoms with van der Waals surface area (Å²) in [5.74, 6) is -0.105. The molecule has 1 amide bonds. The number of para-hydroxylation sites is 1. The summed E-state index contributed by atoms with van der Waals surface area (Å²) in [7, 11) is 0. The van der Waals surface area contributed by atoms with Crippen LogP contribution in [0, 0.1) is 13.8 Å². The number of aryl methyl sites for hydroxylation is 2. The lowest BCUT2D eigenvalue weighted by Crippen LogP contribution is -2.29. The van der Waals surface area contributed by atoms with Crippen LogP contribution in [-0.4, -0.2) is 20.1 Å². The highest BCUT2D eigenvalue weighted by Gasteiger charge is 2.24. The van der Waals surface area contributed by atoms with Gasteiger partial charge in [-0.1, -0.05) is 36.8 Å². The minimum Gasteiger partial charge on any atom is -0.324 e. The second kappa shape index (κ2) is 6.96. The molecular weight excluding hydrogens is 352 g/mol. The molecule has 1 N–H and O–H groups in total. The minimum absolute atomic E-state index is 0.105. The van der Waals surface area contributed by atoms with Gasteiger partial charge in [0.1, 0.15) is 6.04 Å². The fourth-order valence-electron chi connectivity index (χ4n) is 3.65. The molecule has 142 valence electrons. The maximum absolute atomic E-state index is 13.2. The van der Waals surface area contributed by atoms with Crippen molar-refractivity contribution in [2.24, 2.45) is 0 Å². The first-order valence-electron chi connectivity index (χ1n) is 9.36. The van der Waals surface area contributed by atoms with E-state index in [0.717, 1.165) is 27.8 Å². The molecule has 0 radical (unpaired) electrons. The number of amides is 1. The number of benzene rings is 2. The summed E-state index contributed by atoms with van der Waals surface area (Å²) < 4.78 is 3.81. The molecule has 0 aliphatic carbocycles. The van der Waals surface area contributed by atoms with Gasteiger partial charge in [-0.3, -0.25) is 14.3 Å². The molecule has 6 heteroatoms. The van der Waals surface area contributed by atoms with Crippen LogP contribution in [0.5, 0.6) is 0 Å². The van der Waals surface area contributed by atoms with Crippen LogP contribution in [0.1, 0.15) is 30.6 Å². The van der Waals surface area contributed by atoms with Crippen molar-refractivity contribution in [2.75, 3.05) is 5.32 Å². The number of hydrogen-bond donors (Lipinski definition) is 1. The molecule has 2 aromatic heterocycles. The number of nitrogens with zero attached hydrogens (tertiary/aromatic N) is 3. The molecule has 0 saturated heterocycles. The monoisotopic (exact) mass is 374 g/mol. The molecule has 0 unspecified atom stereocenters. The van der Waals surface area contributed by atoms with Gasteiger partial charge >= 0.3 is 0 Å². The van der Waals surface area contributed by atoms with Crippen molar-refractivity contribution in [3.63, 3.8) is 0 Å². The highest BCUT2D eigenvalue weighted by atomic mass is 16.2. The number of carbonyl (C=O) groups is 1. The van der Waals surface area contributed by atoms with E-state index in [0.29, 0.717) is 12.1 Å². The Hall–Kier alpha value is -3.41. The Morgan fingerprint density at radius 3 is 2.54 bits per heavy atom. The molecule has 6 nitrogen and oxygen atoms in total. The van der Waals surface area contributed by atoms with Crippen molar-refractivity contribution in [3.8, 4) is 0 Å². The smallest absolute Gasteiger partial charge is 0.273 e. The van der Waals surface area contributed by atoms with E-state index in [4.69, 9.17) is 0 Å². The average Bonchev–Trinajstić information content (AvgIpc) is 2.99. The lowest BCUT2D eigenvalue weighted by Gasteiger charge is -2.20. The van der Waals surface area contributed by atoms with Crippen LogP contribution in [0.25, 0.3) is 16.6 Å². The van der Waals surface area contributed by atoms with Crippen LogP contribution >= 0.6 is 0 Å². The summed E-state index contributed by atoms with van der Waals surface area (Å²) in [6.45, 7) is 5.84. The van der Waals surface area contributed by atoms with Gasteiger partial charge in [-0.25, -0.2) is 4.52 Å². The molecule has 2 aromatic carbocycles. The van der Waals surface area contributed by atoms with Gasteiger partial charge in [0.15, 0.2) is 5.65 Å². The summed E-state index contributed by atoms with van der Waals surface area (Å²) in [6, 6.07) is 16.5. The Morgan fingerprint density at radius 2 is 1.82 bits per heavy atom.